The summed E-state index contributed by atoms with van der Waals surface area (Å²) in [4.78, 5) is 0. The van der Waals surface area contributed by atoms with E-state index in [1.807, 2.05) is 0 Å². The molecule has 0 aliphatic heterocycles. The summed E-state index contributed by atoms with van der Waals surface area (Å²) in [5, 5.41) is 0. The highest BCUT2D eigenvalue weighted by atomic mass is 79.9. The normalized spacial score (nSPS) is 17.4. The monoisotopic (exact) mass is 400 g/mol. The zero-order valence-electron chi connectivity index (χ0n) is 16.0. The predicted octanol–water partition coefficient (Wildman–Crippen LogP) is 5.32. The van der Waals surface area contributed by atoms with Gasteiger partial charge in [0.25, 0.3) is 0 Å². The zero-order chi connectivity index (χ0) is 18.4. The molecule has 0 radical (unpaired) electrons. The molecule has 3 aromatic carbocycles. The fraction of sp³-hybridized carbons (Fsp3) is 0.250. The molecule has 0 unspecified atom stereocenters. The van der Waals surface area contributed by atoms with Crippen molar-refractivity contribution in [1.82, 2.24) is 0 Å². The lowest BCUT2D eigenvalue weighted by Gasteiger charge is -2.24. The van der Waals surface area contributed by atoms with Gasteiger partial charge in [0.15, 0.2) is 0 Å². The third-order valence-corrected chi connectivity index (χ3v) is 7.09. The van der Waals surface area contributed by atoms with Crippen molar-refractivity contribution in [2.45, 2.75) is 38.5 Å². The van der Waals surface area contributed by atoms with Gasteiger partial charge in [0.1, 0.15) is 7.85 Å². The Morgan fingerprint density at radius 1 is 0.654 bits per heavy atom. The molecule has 5 rings (SSSR count). The molecule has 0 saturated heterocycles. The highest BCUT2D eigenvalue weighted by molar-refractivity contribution is 9.10. The lowest BCUT2D eigenvalue weighted by molar-refractivity contribution is 0.651. The molecule has 0 atom stereocenters. The topological polar surface area (TPSA) is 0 Å². The summed E-state index contributed by atoms with van der Waals surface area (Å²) in [6, 6.07) is 18.5. The summed E-state index contributed by atoms with van der Waals surface area (Å²) >= 11 is 3.68. The van der Waals surface area contributed by atoms with Crippen LogP contribution in [-0.4, -0.2) is 7.85 Å². The molecule has 0 heterocycles. The van der Waals surface area contributed by atoms with Crippen LogP contribution >= 0.6 is 15.9 Å². The molecule has 0 fully saturated rings. The summed E-state index contributed by atoms with van der Waals surface area (Å²) in [6.07, 6.45) is 0. The van der Waals surface area contributed by atoms with Crippen LogP contribution in [-0.2, 0) is 10.8 Å². The van der Waals surface area contributed by atoms with Crippen molar-refractivity contribution in [1.29, 1.82) is 0 Å². The van der Waals surface area contributed by atoms with Crippen molar-refractivity contribution >= 4 is 29.2 Å². The maximum atomic E-state index is 3.68. The molecule has 2 heteroatoms. The van der Waals surface area contributed by atoms with Crippen LogP contribution in [0, 0.1) is 0 Å². The third-order valence-electron chi connectivity index (χ3n) is 6.59. The van der Waals surface area contributed by atoms with Crippen LogP contribution in [0.3, 0.4) is 0 Å². The number of benzene rings is 3. The van der Waals surface area contributed by atoms with Gasteiger partial charge in [-0.3, -0.25) is 0 Å². The Kier molecular flexibility index (Phi) is 3.10. The highest BCUT2D eigenvalue weighted by Crippen LogP contribution is 2.58. The fourth-order valence-electron chi connectivity index (χ4n) is 5.14. The molecule has 0 bridgehead atoms. The second kappa shape index (κ2) is 4.92. The SMILES string of the molecule is Bc1ccc2c(c1)C(C)(C)c1ccc3c(c1-2)-c1ccc(Br)cc1C3(C)C. The lowest BCUT2D eigenvalue weighted by atomic mass is 9.78. The van der Waals surface area contributed by atoms with Gasteiger partial charge in [-0.05, 0) is 56.6 Å². The third kappa shape index (κ3) is 1.86. The summed E-state index contributed by atoms with van der Waals surface area (Å²) < 4.78 is 1.16. The van der Waals surface area contributed by atoms with E-state index in [1.54, 1.807) is 0 Å². The molecule has 26 heavy (non-hydrogen) atoms. The van der Waals surface area contributed by atoms with Crippen LogP contribution in [0.1, 0.15) is 49.9 Å². The van der Waals surface area contributed by atoms with Gasteiger partial charge in [0, 0.05) is 15.3 Å². The van der Waals surface area contributed by atoms with Crippen molar-refractivity contribution in [2.24, 2.45) is 0 Å². The molecular weight excluding hydrogens is 379 g/mol. The van der Waals surface area contributed by atoms with Crippen molar-refractivity contribution in [3.8, 4) is 22.3 Å². The van der Waals surface area contributed by atoms with Crippen molar-refractivity contribution in [3.63, 3.8) is 0 Å². The number of hydrogen-bond donors (Lipinski definition) is 0. The Morgan fingerprint density at radius 3 is 1.73 bits per heavy atom. The van der Waals surface area contributed by atoms with Gasteiger partial charge in [0.05, 0.1) is 0 Å². The van der Waals surface area contributed by atoms with E-state index in [2.05, 4.69) is 100 Å². The van der Waals surface area contributed by atoms with Crippen LogP contribution < -0.4 is 5.46 Å². The smallest absolute Gasteiger partial charge is 0.0886 e. The maximum absolute atomic E-state index is 3.68. The summed E-state index contributed by atoms with van der Waals surface area (Å²) in [5.74, 6) is 0. The van der Waals surface area contributed by atoms with E-state index in [4.69, 9.17) is 0 Å². The summed E-state index contributed by atoms with van der Waals surface area (Å²) in [5.41, 5.74) is 12.9. The van der Waals surface area contributed by atoms with Crippen LogP contribution in [0.2, 0.25) is 0 Å². The molecule has 2 aliphatic rings. The number of fused-ring (bicyclic) bond motifs is 7. The van der Waals surface area contributed by atoms with E-state index in [1.165, 1.54) is 50.0 Å². The molecule has 2 aliphatic carbocycles. The summed E-state index contributed by atoms with van der Waals surface area (Å²) in [7, 11) is 2.19. The molecule has 0 nitrogen and oxygen atoms in total. The Balaban J connectivity index is 1.94. The van der Waals surface area contributed by atoms with Gasteiger partial charge >= 0.3 is 0 Å². The minimum atomic E-state index is 0.0288. The minimum absolute atomic E-state index is 0.0288. The molecule has 3 aromatic rings. The van der Waals surface area contributed by atoms with Gasteiger partial charge in [-0.1, -0.05) is 85.5 Å². The van der Waals surface area contributed by atoms with Crippen LogP contribution in [0.15, 0.2) is 53.0 Å². The Hall–Kier alpha value is -1.80. The average molecular weight is 401 g/mol. The van der Waals surface area contributed by atoms with E-state index in [-0.39, 0.29) is 10.8 Å². The van der Waals surface area contributed by atoms with Gasteiger partial charge in [-0.2, -0.15) is 0 Å². The van der Waals surface area contributed by atoms with Crippen molar-refractivity contribution < 1.29 is 0 Å². The quantitative estimate of drug-likeness (QED) is 0.448. The molecule has 0 aromatic heterocycles. The Bertz CT molecular complexity index is 1020. The first-order chi connectivity index (χ1) is 12.2. The largest absolute Gasteiger partial charge is 0.139 e. The Morgan fingerprint density at radius 2 is 1.15 bits per heavy atom. The van der Waals surface area contributed by atoms with Crippen LogP contribution in [0.4, 0.5) is 0 Å². The Labute approximate surface area is 165 Å². The minimum Gasteiger partial charge on any atom is -0.0886 e. The number of halogens is 1. The fourth-order valence-corrected chi connectivity index (χ4v) is 5.50. The lowest BCUT2D eigenvalue weighted by Crippen LogP contribution is -2.18. The van der Waals surface area contributed by atoms with E-state index in [0.717, 1.165) is 4.47 Å². The molecule has 0 amide bonds. The van der Waals surface area contributed by atoms with Crippen LogP contribution in [0.5, 0.6) is 0 Å². The number of rotatable bonds is 0. The van der Waals surface area contributed by atoms with E-state index in [9.17, 15) is 0 Å². The maximum Gasteiger partial charge on any atom is 0.139 e. The summed E-state index contributed by atoms with van der Waals surface area (Å²) in [6.45, 7) is 9.44. The first-order valence-electron chi connectivity index (χ1n) is 9.33. The van der Waals surface area contributed by atoms with Crippen LogP contribution in [0.25, 0.3) is 22.3 Å². The first-order valence-corrected chi connectivity index (χ1v) is 10.1. The molecule has 0 spiro atoms. The molecular formula is C24H22BBr. The van der Waals surface area contributed by atoms with E-state index in [0.29, 0.717) is 0 Å². The molecule has 0 N–H and O–H groups in total. The van der Waals surface area contributed by atoms with Gasteiger partial charge in [0.2, 0.25) is 0 Å². The standard InChI is InChI=1S/C24H22BBr/c1-23(2)17-9-10-18-22(21(17)15-7-5-13(25)11-19(15)23)16-8-6-14(26)12-20(16)24(18,3)4/h5-12H,25H2,1-4H3. The van der Waals surface area contributed by atoms with E-state index < -0.39 is 0 Å². The van der Waals surface area contributed by atoms with E-state index >= 15 is 0 Å². The first kappa shape index (κ1) is 16.4. The zero-order valence-corrected chi connectivity index (χ0v) is 17.6. The predicted molar refractivity (Wildman–Crippen MR) is 117 cm³/mol. The second-order valence-electron chi connectivity index (χ2n) is 8.90. The van der Waals surface area contributed by atoms with Crippen molar-refractivity contribution in [2.75, 3.05) is 0 Å². The molecule has 0 saturated carbocycles. The second-order valence-corrected chi connectivity index (χ2v) is 9.82. The van der Waals surface area contributed by atoms with Crippen molar-refractivity contribution in [3.05, 3.63) is 75.3 Å². The number of hydrogen-bond acceptors (Lipinski definition) is 0. The van der Waals surface area contributed by atoms with Gasteiger partial charge < -0.3 is 0 Å². The highest BCUT2D eigenvalue weighted by Gasteiger charge is 2.43. The van der Waals surface area contributed by atoms with Gasteiger partial charge in [-0.25, -0.2) is 0 Å². The van der Waals surface area contributed by atoms with Gasteiger partial charge in [-0.15, -0.1) is 0 Å². The molecule has 128 valence electrons. The average Bonchev–Trinajstić information content (AvgIpc) is 2.95.